The van der Waals surface area contributed by atoms with Crippen LogP contribution in [0.15, 0.2) is 47.9 Å². The maximum atomic E-state index is 13.2. The van der Waals surface area contributed by atoms with Gasteiger partial charge in [-0.2, -0.15) is 0 Å². The fraction of sp³-hybridized carbons (Fsp3) is 0.286. The van der Waals surface area contributed by atoms with Gasteiger partial charge in [-0.15, -0.1) is 0 Å². The van der Waals surface area contributed by atoms with Gasteiger partial charge in [0.05, 0.1) is 6.61 Å². The SMILES string of the molecule is Fc1ccccc1OCCCCSc1ncccn1. The van der Waals surface area contributed by atoms with Crippen molar-refractivity contribution in [2.24, 2.45) is 0 Å². The Morgan fingerprint density at radius 2 is 1.84 bits per heavy atom. The highest BCUT2D eigenvalue weighted by Crippen LogP contribution is 2.16. The quantitative estimate of drug-likeness (QED) is 0.440. The van der Waals surface area contributed by atoms with Crippen molar-refractivity contribution in [1.82, 2.24) is 9.97 Å². The number of para-hydroxylation sites is 1. The van der Waals surface area contributed by atoms with Crippen LogP contribution in [-0.4, -0.2) is 22.3 Å². The van der Waals surface area contributed by atoms with Crippen LogP contribution >= 0.6 is 11.8 Å². The topological polar surface area (TPSA) is 35.0 Å². The molecule has 0 N–H and O–H groups in total. The zero-order valence-corrected chi connectivity index (χ0v) is 11.3. The highest BCUT2D eigenvalue weighted by atomic mass is 32.2. The molecule has 2 aromatic rings. The lowest BCUT2D eigenvalue weighted by molar-refractivity contribution is 0.294. The van der Waals surface area contributed by atoms with Gasteiger partial charge in [0.2, 0.25) is 0 Å². The molecule has 1 aromatic heterocycles. The number of benzene rings is 1. The van der Waals surface area contributed by atoms with Crippen molar-refractivity contribution < 1.29 is 9.13 Å². The summed E-state index contributed by atoms with van der Waals surface area (Å²) < 4.78 is 18.6. The van der Waals surface area contributed by atoms with Gasteiger partial charge < -0.3 is 4.74 Å². The van der Waals surface area contributed by atoms with E-state index in [1.165, 1.54) is 6.07 Å². The third kappa shape index (κ3) is 4.87. The van der Waals surface area contributed by atoms with Crippen LogP contribution in [0.1, 0.15) is 12.8 Å². The number of nitrogens with zero attached hydrogens (tertiary/aromatic N) is 2. The molecule has 0 aliphatic rings. The minimum Gasteiger partial charge on any atom is -0.491 e. The number of hydrogen-bond acceptors (Lipinski definition) is 4. The van der Waals surface area contributed by atoms with E-state index in [9.17, 15) is 4.39 Å². The lowest BCUT2D eigenvalue weighted by atomic mass is 10.3. The van der Waals surface area contributed by atoms with Crippen LogP contribution < -0.4 is 4.74 Å². The molecule has 3 nitrogen and oxygen atoms in total. The molecule has 19 heavy (non-hydrogen) atoms. The minimum atomic E-state index is -0.311. The van der Waals surface area contributed by atoms with Crippen molar-refractivity contribution in [2.75, 3.05) is 12.4 Å². The Kier molecular flexibility index (Phi) is 5.62. The van der Waals surface area contributed by atoms with Crippen LogP contribution in [0.5, 0.6) is 5.75 Å². The fourth-order valence-electron chi connectivity index (χ4n) is 1.47. The Morgan fingerprint density at radius 1 is 1.05 bits per heavy atom. The van der Waals surface area contributed by atoms with E-state index >= 15 is 0 Å². The second-order valence-corrected chi connectivity index (χ2v) is 4.93. The highest BCUT2D eigenvalue weighted by molar-refractivity contribution is 7.99. The Balaban J connectivity index is 1.59. The largest absolute Gasteiger partial charge is 0.491 e. The summed E-state index contributed by atoms with van der Waals surface area (Å²) in [5.41, 5.74) is 0. The zero-order valence-electron chi connectivity index (χ0n) is 10.5. The highest BCUT2D eigenvalue weighted by Gasteiger charge is 2.01. The summed E-state index contributed by atoms with van der Waals surface area (Å²) in [7, 11) is 0. The fourth-order valence-corrected chi connectivity index (χ4v) is 2.27. The molecule has 0 radical (unpaired) electrons. The van der Waals surface area contributed by atoms with Crippen molar-refractivity contribution >= 4 is 11.8 Å². The first-order chi connectivity index (χ1) is 9.36. The van der Waals surface area contributed by atoms with Gasteiger partial charge in [-0.3, -0.25) is 0 Å². The summed E-state index contributed by atoms with van der Waals surface area (Å²) >= 11 is 1.62. The van der Waals surface area contributed by atoms with Crippen molar-refractivity contribution in [3.05, 3.63) is 48.5 Å². The van der Waals surface area contributed by atoms with E-state index < -0.39 is 0 Å². The molecule has 0 saturated carbocycles. The molecule has 100 valence electrons. The third-order valence-corrected chi connectivity index (χ3v) is 3.37. The van der Waals surface area contributed by atoms with E-state index in [0.29, 0.717) is 12.4 Å². The predicted molar refractivity (Wildman–Crippen MR) is 73.9 cm³/mol. The Labute approximate surface area is 116 Å². The van der Waals surface area contributed by atoms with Crippen molar-refractivity contribution in [1.29, 1.82) is 0 Å². The van der Waals surface area contributed by atoms with Gasteiger partial charge in [0.25, 0.3) is 0 Å². The number of ether oxygens (including phenoxy) is 1. The molecule has 0 amide bonds. The number of halogens is 1. The summed E-state index contributed by atoms with van der Waals surface area (Å²) in [6.45, 7) is 0.525. The first-order valence-electron chi connectivity index (χ1n) is 6.13. The van der Waals surface area contributed by atoms with Crippen molar-refractivity contribution in [3.8, 4) is 5.75 Å². The second-order valence-electron chi connectivity index (χ2n) is 3.87. The Morgan fingerprint density at radius 3 is 2.63 bits per heavy atom. The molecule has 0 saturated heterocycles. The lowest BCUT2D eigenvalue weighted by Crippen LogP contribution is -1.99. The van der Waals surface area contributed by atoms with Crippen LogP contribution in [0.4, 0.5) is 4.39 Å². The first-order valence-corrected chi connectivity index (χ1v) is 7.12. The second kappa shape index (κ2) is 7.74. The van der Waals surface area contributed by atoms with Crippen LogP contribution in [0.3, 0.4) is 0 Å². The average Bonchev–Trinajstić information content (AvgIpc) is 2.45. The monoisotopic (exact) mass is 278 g/mol. The number of thioether (sulfide) groups is 1. The maximum absolute atomic E-state index is 13.2. The Bertz CT molecular complexity index is 496. The van der Waals surface area contributed by atoms with Gasteiger partial charge in [0.1, 0.15) is 0 Å². The van der Waals surface area contributed by atoms with Crippen LogP contribution in [0.2, 0.25) is 0 Å². The summed E-state index contributed by atoms with van der Waals surface area (Å²) in [5.74, 6) is 0.945. The molecule has 0 aliphatic carbocycles. The molecule has 0 bridgehead atoms. The van der Waals surface area contributed by atoms with Crippen molar-refractivity contribution in [3.63, 3.8) is 0 Å². The third-order valence-electron chi connectivity index (χ3n) is 2.41. The van der Waals surface area contributed by atoms with E-state index in [2.05, 4.69) is 9.97 Å². The maximum Gasteiger partial charge on any atom is 0.187 e. The Hall–Kier alpha value is -1.62. The van der Waals surface area contributed by atoms with E-state index in [0.717, 1.165) is 23.8 Å². The van der Waals surface area contributed by atoms with Gasteiger partial charge in [-0.25, -0.2) is 14.4 Å². The average molecular weight is 278 g/mol. The van der Waals surface area contributed by atoms with Gasteiger partial charge in [-0.1, -0.05) is 23.9 Å². The molecule has 0 atom stereocenters. The standard InChI is InChI=1S/C14H15FN2OS/c15-12-6-1-2-7-13(12)18-10-3-4-11-19-14-16-8-5-9-17-14/h1-2,5-9H,3-4,10-11H2. The summed E-state index contributed by atoms with van der Waals surface area (Å²) in [4.78, 5) is 8.25. The molecule has 0 fully saturated rings. The first kappa shape index (κ1) is 13.8. The van der Waals surface area contributed by atoms with Crippen LogP contribution in [0, 0.1) is 5.82 Å². The van der Waals surface area contributed by atoms with Crippen molar-refractivity contribution in [2.45, 2.75) is 18.0 Å². The molecule has 5 heteroatoms. The van der Waals surface area contributed by atoms with E-state index in [-0.39, 0.29) is 5.82 Å². The molecular weight excluding hydrogens is 263 g/mol. The summed E-state index contributed by atoms with van der Waals surface area (Å²) in [6, 6.07) is 8.26. The number of aromatic nitrogens is 2. The number of unbranched alkanes of at least 4 members (excludes halogenated alkanes) is 1. The number of rotatable bonds is 7. The minimum absolute atomic E-state index is 0.311. The van der Waals surface area contributed by atoms with Crippen LogP contribution in [0.25, 0.3) is 0 Å². The summed E-state index contributed by atoms with van der Waals surface area (Å²) in [5, 5.41) is 0.789. The normalized spacial score (nSPS) is 10.4. The summed E-state index contributed by atoms with van der Waals surface area (Å²) in [6.07, 6.45) is 5.33. The van der Waals surface area contributed by atoms with Gasteiger partial charge in [-0.05, 0) is 31.0 Å². The molecule has 1 heterocycles. The van der Waals surface area contributed by atoms with Gasteiger partial charge in [0.15, 0.2) is 16.7 Å². The van der Waals surface area contributed by atoms with Gasteiger partial charge in [0, 0.05) is 18.1 Å². The van der Waals surface area contributed by atoms with Crippen LogP contribution in [-0.2, 0) is 0 Å². The van der Waals surface area contributed by atoms with E-state index in [1.807, 2.05) is 0 Å². The van der Waals surface area contributed by atoms with Gasteiger partial charge >= 0.3 is 0 Å². The lowest BCUT2D eigenvalue weighted by Gasteiger charge is -2.06. The van der Waals surface area contributed by atoms with E-state index in [4.69, 9.17) is 4.74 Å². The predicted octanol–water partition coefficient (Wildman–Crippen LogP) is 3.57. The smallest absolute Gasteiger partial charge is 0.187 e. The molecular formula is C14H15FN2OS. The molecule has 0 aliphatic heterocycles. The van der Waals surface area contributed by atoms with E-state index in [1.54, 1.807) is 48.4 Å². The molecule has 0 unspecified atom stereocenters. The zero-order chi connectivity index (χ0) is 13.3. The molecule has 2 rings (SSSR count). The number of hydrogen-bond donors (Lipinski definition) is 0. The molecule has 0 spiro atoms. The molecule has 1 aromatic carbocycles.